The Kier molecular flexibility index (Phi) is 5.89. The minimum absolute atomic E-state index is 0.298. The molecule has 144 valence electrons. The van der Waals surface area contributed by atoms with Gasteiger partial charge in [0.05, 0.1) is 6.54 Å². The van der Waals surface area contributed by atoms with Crippen LogP contribution in [-0.4, -0.2) is 24.4 Å². The summed E-state index contributed by atoms with van der Waals surface area (Å²) in [6.07, 6.45) is 3.44. The van der Waals surface area contributed by atoms with E-state index in [1.807, 2.05) is 4.57 Å². The van der Waals surface area contributed by atoms with Gasteiger partial charge in [0.2, 0.25) is 0 Å². The molecule has 0 spiro atoms. The molecule has 0 amide bonds. The van der Waals surface area contributed by atoms with Crippen LogP contribution in [0.1, 0.15) is 37.3 Å². The highest BCUT2D eigenvalue weighted by atomic mass is 32.2. The highest BCUT2D eigenvalue weighted by molar-refractivity contribution is 7.99. The summed E-state index contributed by atoms with van der Waals surface area (Å²) in [5, 5.41) is 0.792. The van der Waals surface area contributed by atoms with Gasteiger partial charge in [-0.15, -0.1) is 0 Å². The zero-order chi connectivity index (χ0) is 19.6. The van der Waals surface area contributed by atoms with Crippen molar-refractivity contribution < 1.29 is 0 Å². The molecule has 27 heavy (non-hydrogen) atoms. The van der Waals surface area contributed by atoms with Crippen molar-refractivity contribution in [2.45, 2.75) is 44.8 Å². The lowest BCUT2D eigenvalue weighted by molar-refractivity contribution is 0.696. The van der Waals surface area contributed by atoms with Crippen LogP contribution in [0.2, 0.25) is 0 Å². The molecule has 0 unspecified atom stereocenters. The van der Waals surface area contributed by atoms with Gasteiger partial charge in [0.25, 0.3) is 5.56 Å². The van der Waals surface area contributed by atoms with Gasteiger partial charge in [-0.3, -0.25) is 13.9 Å². The molecule has 0 fully saturated rings. The van der Waals surface area contributed by atoms with Gasteiger partial charge in [-0.25, -0.2) is 9.78 Å². The fraction of sp³-hybridized carbons (Fsp3) is 0.450. The third kappa shape index (κ3) is 3.88. The van der Waals surface area contributed by atoms with Crippen molar-refractivity contribution in [2.75, 3.05) is 5.75 Å². The number of aromatic nitrogens is 4. The Labute approximate surface area is 162 Å². The third-order valence-corrected chi connectivity index (χ3v) is 5.82. The number of thioether (sulfide) groups is 1. The van der Waals surface area contributed by atoms with Gasteiger partial charge in [-0.2, -0.15) is 0 Å². The number of hydrogen-bond donors (Lipinski definition) is 0. The molecule has 0 aliphatic rings. The highest BCUT2D eigenvalue weighted by Crippen LogP contribution is 2.24. The standard InChI is InChI=1S/C20H26N4O2S/c1-5-6-7-12-27-19-21-17-16(18(25)23(4)20(26)22(17)3)24(19)13-15-10-8-14(2)9-11-15/h8-11H,5-7,12-13H2,1-4H3. The molecule has 7 heteroatoms. The first-order valence-corrected chi connectivity index (χ1v) is 10.3. The molecule has 0 aliphatic carbocycles. The van der Waals surface area contributed by atoms with Crippen molar-refractivity contribution in [3.05, 3.63) is 56.2 Å². The summed E-state index contributed by atoms with van der Waals surface area (Å²) in [6.45, 7) is 4.79. The summed E-state index contributed by atoms with van der Waals surface area (Å²) in [4.78, 5) is 29.8. The second-order valence-electron chi connectivity index (χ2n) is 6.90. The summed E-state index contributed by atoms with van der Waals surface area (Å²) in [7, 11) is 3.18. The summed E-state index contributed by atoms with van der Waals surface area (Å²) in [5.41, 5.74) is 2.59. The Morgan fingerprint density at radius 3 is 2.41 bits per heavy atom. The van der Waals surface area contributed by atoms with E-state index in [1.165, 1.54) is 23.6 Å². The van der Waals surface area contributed by atoms with E-state index in [0.29, 0.717) is 17.7 Å². The molecule has 0 N–H and O–H groups in total. The van der Waals surface area contributed by atoms with Gasteiger partial charge in [0, 0.05) is 19.8 Å². The Morgan fingerprint density at radius 2 is 1.74 bits per heavy atom. The van der Waals surface area contributed by atoms with Gasteiger partial charge >= 0.3 is 5.69 Å². The van der Waals surface area contributed by atoms with Crippen LogP contribution in [0.15, 0.2) is 39.0 Å². The van der Waals surface area contributed by atoms with Crippen molar-refractivity contribution >= 4 is 22.9 Å². The lowest BCUT2D eigenvalue weighted by atomic mass is 10.1. The van der Waals surface area contributed by atoms with Gasteiger partial charge in [-0.1, -0.05) is 61.4 Å². The zero-order valence-corrected chi connectivity index (χ0v) is 17.2. The number of rotatable bonds is 7. The molecular weight excluding hydrogens is 360 g/mol. The number of aryl methyl sites for hydroxylation is 2. The molecule has 6 nitrogen and oxygen atoms in total. The van der Waals surface area contributed by atoms with Gasteiger partial charge in [0.15, 0.2) is 16.3 Å². The highest BCUT2D eigenvalue weighted by Gasteiger charge is 2.19. The predicted molar refractivity (Wildman–Crippen MR) is 111 cm³/mol. The van der Waals surface area contributed by atoms with Crippen molar-refractivity contribution in [2.24, 2.45) is 14.1 Å². The van der Waals surface area contributed by atoms with Crippen LogP contribution in [0.3, 0.4) is 0 Å². The Morgan fingerprint density at radius 1 is 1.04 bits per heavy atom. The summed E-state index contributed by atoms with van der Waals surface area (Å²) >= 11 is 1.65. The van der Waals surface area contributed by atoms with Crippen molar-refractivity contribution in [1.29, 1.82) is 0 Å². The monoisotopic (exact) mass is 386 g/mol. The summed E-state index contributed by atoms with van der Waals surface area (Å²) in [6, 6.07) is 8.27. The Bertz CT molecular complexity index is 1060. The molecule has 1 aromatic carbocycles. The molecule has 3 aromatic rings. The molecule has 0 bridgehead atoms. The second kappa shape index (κ2) is 8.17. The lowest BCUT2D eigenvalue weighted by Gasteiger charge is -2.10. The lowest BCUT2D eigenvalue weighted by Crippen LogP contribution is -2.37. The van der Waals surface area contributed by atoms with Crippen molar-refractivity contribution in [1.82, 2.24) is 18.7 Å². The van der Waals surface area contributed by atoms with Gasteiger partial charge in [0.1, 0.15) is 0 Å². The number of nitrogens with zero attached hydrogens (tertiary/aromatic N) is 4. The second-order valence-corrected chi connectivity index (χ2v) is 7.96. The van der Waals surface area contributed by atoms with Crippen LogP contribution in [0, 0.1) is 6.92 Å². The molecule has 0 saturated heterocycles. The van der Waals surface area contributed by atoms with Crippen molar-refractivity contribution in [3.8, 4) is 0 Å². The zero-order valence-electron chi connectivity index (χ0n) is 16.4. The van der Waals surface area contributed by atoms with E-state index in [-0.39, 0.29) is 11.2 Å². The first kappa shape index (κ1) is 19.5. The van der Waals surface area contributed by atoms with E-state index in [2.05, 4.69) is 43.1 Å². The molecular formula is C20H26N4O2S. The largest absolute Gasteiger partial charge is 0.332 e. The molecule has 2 heterocycles. The van der Waals surface area contributed by atoms with Crippen LogP contribution in [-0.2, 0) is 20.6 Å². The van der Waals surface area contributed by atoms with Crippen molar-refractivity contribution in [3.63, 3.8) is 0 Å². The molecule has 0 aliphatic heterocycles. The SMILES string of the molecule is CCCCCSc1nc2c(c(=O)n(C)c(=O)n2C)n1Cc1ccc(C)cc1. The minimum atomic E-state index is -0.352. The van der Waals surface area contributed by atoms with E-state index in [0.717, 1.165) is 33.9 Å². The average molecular weight is 387 g/mol. The number of fused-ring (bicyclic) bond motifs is 1. The first-order chi connectivity index (χ1) is 12.9. The van der Waals surface area contributed by atoms with Crippen LogP contribution < -0.4 is 11.2 Å². The van der Waals surface area contributed by atoms with E-state index >= 15 is 0 Å². The molecule has 0 radical (unpaired) electrons. The van der Waals surface area contributed by atoms with Crippen LogP contribution in [0.5, 0.6) is 0 Å². The third-order valence-electron chi connectivity index (χ3n) is 4.75. The molecule has 2 aromatic heterocycles. The fourth-order valence-corrected chi connectivity index (χ4v) is 4.07. The number of imidazole rings is 1. The van der Waals surface area contributed by atoms with E-state index in [1.54, 1.807) is 18.8 Å². The maximum Gasteiger partial charge on any atom is 0.332 e. The van der Waals surface area contributed by atoms with Crippen LogP contribution >= 0.6 is 11.8 Å². The number of benzene rings is 1. The topological polar surface area (TPSA) is 61.8 Å². The normalized spacial score (nSPS) is 11.4. The molecule has 0 saturated carbocycles. The maximum atomic E-state index is 12.8. The minimum Gasteiger partial charge on any atom is -0.309 e. The maximum absolute atomic E-state index is 12.8. The van der Waals surface area contributed by atoms with E-state index in [9.17, 15) is 9.59 Å². The van der Waals surface area contributed by atoms with Gasteiger partial charge in [-0.05, 0) is 18.9 Å². The first-order valence-electron chi connectivity index (χ1n) is 9.28. The smallest absolute Gasteiger partial charge is 0.309 e. The number of unbranched alkanes of at least 4 members (excludes halogenated alkanes) is 2. The van der Waals surface area contributed by atoms with E-state index < -0.39 is 0 Å². The summed E-state index contributed by atoms with van der Waals surface area (Å²) < 4.78 is 4.57. The average Bonchev–Trinajstić information content (AvgIpc) is 3.02. The van der Waals surface area contributed by atoms with Gasteiger partial charge < -0.3 is 4.57 Å². The molecule has 3 rings (SSSR count). The fourth-order valence-electron chi connectivity index (χ4n) is 3.07. The predicted octanol–water partition coefficient (Wildman–Crippen LogP) is 3.07. The Hall–Kier alpha value is -2.28. The quantitative estimate of drug-likeness (QED) is 0.462. The Balaban J connectivity index is 2.12. The van der Waals surface area contributed by atoms with Crippen LogP contribution in [0.4, 0.5) is 0 Å². The summed E-state index contributed by atoms with van der Waals surface area (Å²) in [5.74, 6) is 0.944. The van der Waals surface area contributed by atoms with E-state index in [4.69, 9.17) is 0 Å². The molecule has 0 atom stereocenters. The van der Waals surface area contributed by atoms with Crippen LogP contribution in [0.25, 0.3) is 11.2 Å². The number of hydrogen-bond acceptors (Lipinski definition) is 4.